The summed E-state index contributed by atoms with van der Waals surface area (Å²) in [7, 11) is 0. The Hall–Kier alpha value is -7.20. The Bertz CT molecular complexity index is 3490. The standard InChI is InChI=1S/C54H34N2S/c1-3-12-35(13-4-1)37-22-27-41(28-23-37)55-48-29-24-38(36-14-5-2-6-15-36)32-45(48)46-34-40(25-30-49(46)55)39-26-31-50-44(33-39)42-16-7-9-18-47(42)56(50)51-19-11-21-53-54(51)43-17-8-10-20-52(43)57-53/h1-34H. The van der Waals surface area contributed by atoms with E-state index in [1.807, 2.05) is 11.3 Å². The molecule has 266 valence electrons. The van der Waals surface area contributed by atoms with Crippen molar-refractivity contribution >= 4 is 75.1 Å². The van der Waals surface area contributed by atoms with E-state index in [0.717, 1.165) is 5.69 Å². The van der Waals surface area contributed by atoms with Gasteiger partial charge < -0.3 is 9.13 Å². The first-order valence-corrected chi connectivity index (χ1v) is 20.3. The zero-order chi connectivity index (χ0) is 37.5. The van der Waals surface area contributed by atoms with E-state index >= 15 is 0 Å². The smallest absolute Gasteiger partial charge is 0.0555 e. The van der Waals surface area contributed by atoms with Crippen molar-refractivity contribution in [2.75, 3.05) is 0 Å². The molecule has 9 aromatic carbocycles. The molecule has 0 N–H and O–H groups in total. The molecule has 12 aromatic rings. The molecule has 57 heavy (non-hydrogen) atoms. The van der Waals surface area contributed by atoms with E-state index < -0.39 is 0 Å². The highest BCUT2D eigenvalue weighted by molar-refractivity contribution is 7.25. The number of rotatable bonds is 5. The first-order valence-electron chi connectivity index (χ1n) is 19.5. The maximum atomic E-state index is 2.47. The molecule has 0 spiro atoms. The van der Waals surface area contributed by atoms with Crippen LogP contribution in [0.15, 0.2) is 206 Å². The molecule has 3 heteroatoms. The molecule has 2 nitrogen and oxygen atoms in total. The van der Waals surface area contributed by atoms with Crippen LogP contribution in [-0.2, 0) is 0 Å². The van der Waals surface area contributed by atoms with Crippen LogP contribution < -0.4 is 0 Å². The zero-order valence-corrected chi connectivity index (χ0v) is 31.7. The molecule has 0 amide bonds. The predicted molar refractivity (Wildman–Crippen MR) is 244 cm³/mol. The Morgan fingerprint density at radius 3 is 1.40 bits per heavy atom. The van der Waals surface area contributed by atoms with Gasteiger partial charge in [0.1, 0.15) is 0 Å². The number of fused-ring (bicyclic) bond motifs is 9. The minimum absolute atomic E-state index is 1.15. The molecule has 0 radical (unpaired) electrons. The van der Waals surface area contributed by atoms with Crippen LogP contribution in [0.2, 0.25) is 0 Å². The molecule has 0 bridgehead atoms. The average molecular weight is 743 g/mol. The Labute approximate surface area is 333 Å². The van der Waals surface area contributed by atoms with Crippen molar-refractivity contribution in [2.45, 2.75) is 0 Å². The summed E-state index contributed by atoms with van der Waals surface area (Å²) in [4.78, 5) is 0. The first-order chi connectivity index (χ1) is 28.3. The molecule has 0 saturated heterocycles. The van der Waals surface area contributed by atoms with Gasteiger partial charge in [0.25, 0.3) is 0 Å². The Morgan fingerprint density at radius 2 is 0.737 bits per heavy atom. The SMILES string of the molecule is c1ccc(-c2ccc(-n3c4ccc(-c5ccccc5)cc4c4cc(-c5ccc6c(c5)c5ccccc5n6-c5cccc6sc7ccccc7c56)ccc43)cc2)cc1. The lowest BCUT2D eigenvalue weighted by Crippen LogP contribution is -1.94. The Kier molecular flexibility index (Phi) is 7.13. The van der Waals surface area contributed by atoms with Gasteiger partial charge in [0.2, 0.25) is 0 Å². The summed E-state index contributed by atoms with van der Waals surface area (Å²) in [5.41, 5.74) is 14.5. The zero-order valence-electron chi connectivity index (χ0n) is 30.9. The maximum absolute atomic E-state index is 2.47. The van der Waals surface area contributed by atoms with Gasteiger partial charge in [-0.05, 0) is 106 Å². The van der Waals surface area contributed by atoms with E-state index in [1.165, 1.54) is 103 Å². The van der Waals surface area contributed by atoms with Crippen molar-refractivity contribution in [3.8, 4) is 44.8 Å². The van der Waals surface area contributed by atoms with Gasteiger partial charge in [0, 0.05) is 47.4 Å². The lowest BCUT2D eigenvalue weighted by atomic mass is 9.99. The van der Waals surface area contributed by atoms with Crippen LogP contribution in [-0.4, -0.2) is 9.13 Å². The van der Waals surface area contributed by atoms with Crippen LogP contribution in [0.25, 0.3) is 109 Å². The third-order valence-electron chi connectivity index (χ3n) is 11.7. The fourth-order valence-electron chi connectivity index (χ4n) is 9.08. The van der Waals surface area contributed by atoms with Gasteiger partial charge in [-0.1, -0.05) is 133 Å². The Balaban J connectivity index is 1.05. The highest BCUT2D eigenvalue weighted by atomic mass is 32.1. The van der Waals surface area contributed by atoms with E-state index in [4.69, 9.17) is 0 Å². The minimum atomic E-state index is 1.15. The summed E-state index contributed by atoms with van der Waals surface area (Å²) in [5, 5.41) is 7.63. The molecule has 3 aromatic heterocycles. The summed E-state index contributed by atoms with van der Waals surface area (Å²) >= 11 is 1.87. The lowest BCUT2D eigenvalue weighted by Gasteiger charge is -2.11. The van der Waals surface area contributed by atoms with Crippen LogP contribution in [0, 0.1) is 0 Å². The monoisotopic (exact) mass is 742 g/mol. The fraction of sp³-hybridized carbons (Fsp3) is 0. The van der Waals surface area contributed by atoms with Gasteiger partial charge in [-0.3, -0.25) is 0 Å². The second-order valence-electron chi connectivity index (χ2n) is 14.9. The average Bonchev–Trinajstić information content (AvgIpc) is 3.94. The topological polar surface area (TPSA) is 9.86 Å². The summed E-state index contributed by atoms with van der Waals surface area (Å²) in [6, 6.07) is 75.7. The van der Waals surface area contributed by atoms with Crippen LogP contribution in [0.5, 0.6) is 0 Å². The van der Waals surface area contributed by atoms with Crippen molar-refractivity contribution in [2.24, 2.45) is 0 Å². The van der Waals surface area contributed by atoms with Crippen molar-refractivity contribution in [1.29, 1.82) is 0 Å². The number of nitrogens with zero attached hydrogens (tertiary/aromatic N) is 2. The van der Waals surface area contributed by atoms with E-state index in [9.17, 15) is 0 Å². The molecule has 3 heterocycles. The van der Waals surface area contributed by atoms with Crippen LogP contribution in [0.1, 0.15) is 0 Å². The maximum Gasteiger partial charge on any atom is 0.0555 e. The highest BCUT2D eigenvalue weighted by Crippen LogP contribution is 2.43. The number of hydrogen-bond acceptors (Lipinski definition) is 1. The molecule has 0 unspecified atom stereocenters. The molecule has 0 fully saturated rings. The summed E-state index contributed by atoms with van der Waals surface area (Å²) in [5.74, 6) is 0. The van der Waals surface area contributed by atoms with E-state index in [1.54, 1.807) is 0 Å². The number of benzene rings is 9. The summed E-state index contributed by atoms with van der Waals surface area (Å²) in [6.45, 7) is 0. The van der Waals surface area contributed by atoms with Crippen molar-refractivity contribution in [3.05, 3.63) is 206 Å². The minimum Gasteiger partial charge on any atom is -0.309 e. The van der Waals surface area contributed by atoms with Crippen LogP contribution in [0.4, 0.5) is 0 Å². The molecule has 0 atom stereocenters. The normalized spacial score (nSPS) is 11.9. The number of thiophene rings is 1. The number of hydrogen-bond donors (Lipinski definition) is 0. The van der Waals surface area contributed by atoms with Crippen molar-refractivity contribution in [1.82, 2.24) is 9.13 Å². The molecule has 0 saturated carbocycles. The van der Waals surface area contributed by atoms with Gasteiger partial charge in [-0.25, -0.2) is 0 Å². The number of para-hydroxylation sites is 1. The largest absolute Gasteiger partial charge is 0.309 e. The third-order valence-corrected chi connectivity index (χ3v) is 12.9. The van der Waals surface area contributed by atoms with E-state index in [0.29, 0.717) is 0 Å². The van der Waals surface area contributed by atoms with Crippen LogP contribution >= 0.6 is 11.3 Å². The molecule has 0 aliphatic carbocycles. The van der Waals surface area contributed by atoms with Gasteiger partial charge in [0.05, 0.1) is 27.8 Å². The quantitative estimate of drug-likeness (QED) is 0.166. The number of aromatic nitrogens is 2. The predicted octanol–water partition coefficient (Wildman–Crippen LogP) is 15.2. The second-order valence-corrected chi connectivity index (χ2v) is 16.0. The van der Waals surface area contributed by atoms with Gasteiger partial charge in [-0.2, -0.15) is 0 Å². The molecule has 0 aliphatic heterocycles. The fourth-order valence-corrected chi connectivity index (χ4v) is 10.2. The molecular formula is C54H34N2S. The Morgan fingerprint density at radius 1 is 0.281 bits per heavy atom. The molecule has 0 aliphatic rings. The third kappa shape index (κ3) is 5.03. The second kappa shape index (κ2) is 12.7. The lowest BCUT2D eigenvalue weighted by molar-refractivity contribution is 1.18. The summed E-state index contributed by atoms with van der Waals surface area (Å²) < 4.78 is 7.52. The highest BCUT2D eigenvalue weighted by Gasteiger charge is 2.19. The van der Waals surface area contributed by atoms with Crippen LogP contribution in [0.3, 0.4) is 0 Å². The van der Waals surface area contributed by atoms with Gasteiger partial charge in [-0.15, -0.1) is 11.3 Å². The van der Waals surface area contributed by atoms with Gasteiger partial charge >= 0.3 is 0 Å². The first kappa shape index (κ1) is 32.1. The van der Waals surface area contributed by atoms with Crippen molar-refractivity contribution < 1.29 is 0 Å². The van der Waals surface area contributed by atoms with E-state index in [2.05, 4.69) is 215 Å². The summed E-state index contributed by atoms with van der Waals surface area (Å²) in [6.07, 6.45) is 0. The molecule has 12 rings (SSSR count). The van der Waals surface area contributed by atoms with Gasteiger partial charge in [0.15, 0.2) is 0 Å². The molecular weight excluding hydrogens is 709 g/mol. The van der Waals surface area contributed by atoms with E-state index in [-0.39, 0.29) is 0 Å². The van der Waals surface area contributed by atoms with Crippen molar-refractivity contribution in [3.63, 3.8) is 0 Å².